The van der Waals surface area contributed by atoms with Crippen LogP contribution in [0.3, 0.4) is 0 Å². The maximum absolute atomic E-state index is 12.0. The van der Waals surface area contributed by atoms with E-state index in [0.29, 0.717) is 0 Å². The molecular formula is C12H11N3O4S. The van der Waals surface area contributed by atoms with Crippen LogP contribution in [0.5, 0.6) is 0 Å². The van der Waals surface area contributed by atoms with Crippen LogP contribution in [0, 0.1) is 10.1 Å². The van der Waals surface area contributed by atoms with Crippen molar-refractivity contribution in [1.29, 1.82) is 0 Å². The molecule has 20 heavy (non-hydrogen) atoms. The Morgan fingerprint density at radius 3 is 2.45 bits per heavy atom. The highest BCUT2D eigenvalue weighted by Gasteiger charge is 2.15. The van der Waals surface area contributed by atoms with Crippen LogP contribution >= 0.6 is 0 Å². The summed E-state index contributed by atoms with van der Waals surface area (Å²) in [6.07, 6.45) is 3.15. The third kappa shape index (κ3) is 3.37. The van der Waals surface area contributed by atoms with Crippen LogP contribution < -0.4 is 4.72 Å². The van der Waals surface area contributed by atoms with E-state index in [4.69, 9.17) is 0 Å². The first kappa shape index (κ1) is 14.1. The summed E-state index contributed by atoms with van der Waals surface area (Å²) in [5.41, 5.74) is 0.564. The van der Waals surface area contributed by atoms with Gasteiger partial charge in [-0.15, -0.1) is 0 Å². The molecule has 1 aromatic carbocycles. The number of aromatic nitrogens is 1. The van der Waals surface area contributed by atoms with E-state index in [0.717, 1.165) is 17.7 Å². The summed E-state index contributed by atoms with van der Waals surface area (Å²) in [4.78, 5) is 13.8. The summed E-state index contributed by atoms with van der Waals surface area (Å²) >= 11 is 0. The van der Waals surface area contributed by atoms with Crippen LogP contribution in [0.2, 0.25) is 0 Å². The fourth-order valence-electron chi connectivity index (χ4n) is 1.51. The Hall–Kier alpha value is -2.32. The van der Waals surface area contributed by atoms with Crippen LogP contribution in [0.15, 0.2) is 53.7 Å². The summed E-state index contributed by atoms with van der Waals surface area (Å²) in [6.45, 7) is 0.104. The van der Waals surface area contributed by atoms with E-state index < -0.39 is 14.9 Å². The molecule has 0 atom stereocenters. The molecule has 0 aliphatic rings. The molecule has 0 unspecified atom stereocenters. The van der Waals surface area contributed by atoms with Crippen LogP contribution in [0.1, 0.15) is 5.56 Å². The van der Waals surface area contributed by atoms with Crippen LogP contribution in [-0.4, -0.2) is 18.3 Å². The van der Waals surface area contributed by atoms with Gasteiger partial charge in [-0.3, -0.25) is 15.1 Å². The van der Waals surface area contributed by atoms with Crippen molar-refractivity contribution >= 4 is 15.7 Å². The Kier molecular flexibility index (Phi) is 4.06. The first-order chi connectivity index (χ1) is 9.49. The number of nitro benzene ring substituents is 1. The molecule has 0 radical (unpaired) electrons. The minimum Gasteiger partial charge on any atom is -0.264 e. The number of nitrogens with zero attached hydrogens (tertiary/aromatic N) is 2. The van der Waals surface area contributed by atoms with E-state index in [1.54, 1.807) is 24.5 Å². The molecule has 2 aromatic rings. The summed E-state index contributed by atoms with van der Waals surface area (Å²) < 4.78 is 26.4. The lowest BCUT2D eigenvalue weighted by atomic mass is 10.3. The Morgan fingerprint density at radius 2 is 1.90 bits per heavy atom. The smallest absolute Gasteiger partial charge is 0.264 e. The fourth-order valence-corrected chi connectivity index (χ4v) is 2.53. The van der Waals surface area contributed by atoms with Gasteiger partial charge in [0.25, 0.3) is 5.69 Å². The lowest BCUT2D eigenvalue weighted by molar-refractivity contribution is -0.384. The molecule has 8 heteroatoms. The zero-order valence-electron chi connectivity index (χ0n) is 10.3. The van der Waals surface area contributed by atoms with Crippen molar-refractivity contribution < 1.29 is 13.3 Å². The first-order valence-electron chi connectivity index (χ1n) is 5.62. The van der Waals surface area contributed by atoms with Gasteiger partial charge in [0.2, 0.25) is 10.0 Å². The SMILES string of the molecule is O=[N+]([O-])c1ccc(S(=O)(=O)NCc2cccnc2)cc1. The third-order valence-electron chi connectivity index (χ3n) is 2.55. The summed E-state index contributed by atoms with van der Waals surface area (Å²) in [6, 6.07) is 8.14. The number of hydrogen-bond acceptors (Lipinski definition) is 5. The molecule has 0 aliphatic carbocycles. The highest BCUT2D eigenvalue weighted by Crippen LogP contribution is 2.15. The topological polar surface area (TPSA) is 102 Å². The number of hydrogen-bond donors (Lipinski definition) is 1. The third-order valence-corrected chi connectivity index (χ3v) is 3.96. The molecule has 0 saturated carbocycles. The van der Waals surface area contributed by atoms with E-state index in [1.807, 2.05) is 0 Å². The van der Waals surface area contributed by atoms with Gasteiger partial charge in [-0.1, -0.05) is 6.07 Å². The van der Waals surface area contributed by atoms with E-state index in [-0.39, 0.29) is 17.1 Å². The van der Waals surface area contributed by atoms with Gasteiger partial charge in [-0.2, -0.15) is 0 Å². The average molecular weight is 293 g/mol. The molecule has 1 N–H and O–H groups in total. The number of pyridine rings is 1. The quantitative estimate of drug-likeness (QED) is 0.664. The van der Waals surface area contributed by atoms with Crippen molar-refractivity contribution in [3.63, 3.8) is 0 Å². The normalized spacial score (nSPS) is 11.2. The van der Waals surface area contributed by atoms with E-state index in [1.165, 1.54) is 12.1 Å². The van der Waals surface area contributed by atoms with Crippen molar-refractivity contribution in [3.05, 3.63) is 64.5 Å². The summed E-state index contributed by atoms with van der Waals surface area (Å²) in [5, 5.41) is 10.5. The minimum absolute atomic E-state index is 0.0213. The number of nitro groups is 1. The second kappa shape index (κ2) is 5.76. The van der Waals surface area contributed by atoms with E-state index >= 15 is 0 Å². The number of benzene rings is 1. The predicted molar refractivity (Wildman–Crippen MR) is 71.4 cm³/mol. The number of non-ortho nitro benzene ring substituents is 1. The van der Waals surface area contributed by atoms with Gasteiger partial charge < -0.3 is 0 Å². The molecule has 0 amide bonds. The molecule has 0 fully saturated rings. The number of rotatable bonds is 5. The molecule has 2 rings (SSSR count). The molecule has 1 heterocycles. The molecule has 0 spiro atoms. The molecule has 0 saturated heterocycles. The van der Waals surface area contributed by atoms with E-state index in [9.17, 15) is 18.5 Å². The monoisotopic (exact) mass is 293 g/mol. The predicted octanol–water partition coefficient (Wildman–Crippen LogP) is 1.47. The van der Waals surface area contributed by atoms with Crippen molar-refractivity contribution in [2.24, 2.45) is 0 Å². The van der Waals surface area contributed by atoms with Crippen molar-refractivity contribution in [3.8, 4) is 0 Å². The summed E-state index contributed by atoms with van der Waals surface area (Å²) in [5.74, 6) is 0. The van der Waals surface area contributed by atoms with Crippen molar-refractivity contribution in [2.75, 3.05) is 0 Å². The maximum Gasteiger partial charge on any atom is 0.269 e. The highest BCUT2D eigenvalue weighted by molar-refractivity contribution is 7.89. The van der Waals surface area contributed by atoms with E-state index in [2.05, 4.69) is 9.71 Å². The second-order valence-electron chi connectivity index (χ2n) is 3.94. The molecule has 104 valence electrons. The number of sulfonamides is 1. The Morgan fingerprint density at radius 1 is 1.20 bits per heavy atom. The number of nitrogens with one attached hydrogen (secondary N) is 1. The zero-order chi connectivity index (χ0) is 14.6. The van der Waals surface area contributed by atoms with Crippen molar-refractivity contribution in [1.82, 2.24) is 9.71 Å². The highest BCUT2D eigenvalue weighted by atomic mass is 32.2. The second-order valence-corrected chi connectivity index (χ2v) is 5.70. The standard InChI is InChI=1S/C12H11N3O4S/c16-15(17)11-3-5-12(6-4-11)20(18,19)14-9-10-2-1-7-13-8-10/h1-8,14H,9H2. The molecule has 1 aromatic heterocycles. The molecule has 7 nitrogen and oxygen atoms in total. The van der Waals surface area contributed by atoms with Gasteiger partial charge in [0, 0.05) is 31.1 Å². The lowest BCUT2D eigenvalue weighted by Gasteiger charge is -2.06. The molecule has 0 bridgehead atoms. The van der Waals surface area contributed by atoms with Crippen LogP contribution in [0.25, 0.3) is 0 Å². The van der Waals surface area contributed by atoms with Gasteiger partial charge in [-0.25, -0.2) is 13.1 Å². The Labute approximate surface area is 115 Å². The van der Waals surface area contributed by atoms with Crippen LogP contribution in [-0.2, 0) is 16.6 Å². The van der Waals surface area contributed by atoms with Gasteiger partial charge in [0.15, 0.2) is 0 Å². The lowest BCUT2D eigenvalue weighted by Crippen LogP contribution is -2.23. The maximum atomic E-state index is 12.0. The molecule has 0 aliphatic heterocycles. The van der Waals surface area contributed by atoms with Crippen LogP contribution in [0.4, 0.5) is 5.69 Å². The van der Waals surface area contributed by atoms with Gasteiger partial charge >= 0.3 is 0 Å². The van der Waals surface area contributed by atoms with Crippen molar-refractivity contribution in [2.45, 2.75) is 11.4 Å². The fraction of sp³-hybridized carbons (Fsp3) is 0.0833. The van der Waals surface area contributed by atoms with Gasteiger partial charge in [-0.05, 0) is 23.8 Å². The van der Waals surface area contributed by atoms with Gasteiger partial charge in [0.1, 0.15) is 0 Å². The van der Waals surface area contributed by atoms with Gasteiger partial charge in [0.05, 0.1) is 9.82 Å². The largest absolute Gasteiger partial charge is 0.269 e. The Bertz CT molecular complexity index is 699. The minimum atomic E-state index is -3.70. The average Bonchev–Trinajstić information content (AvgIpc) is 2.46. The Balaban J connectivity index is 2.12. The first-order valence-corrected chi connectivity index (χ1v) is 7.10. The summed E-state index contributed by atoms with van der Waals surface area (Å²) in [7, 11) is -3.70. The molecular weight excluding hydrogens is 282 g/mol. The zero-order valence-corrected chi connectivity index (χ0v) is 11.1.